The van der Waals surface area contributed by atoms with Crippen molar-refractivity contribution >= 4 is 5.97 Å². The fourth-order valence-electron chi connectivity index (χ4n) is 3.14. The molecule has 0 unspecified atom stereocenters. The number of carboxylic acids is 1. The molecule has 2 aromatic rings. The fraction of sp³-hybridized carbons (Fsp3) is 0.565. The standard InChI is InChI=1S/C23H30F3N3O6/c1-22(2,20(31)32)35-17-11-7-10-16(15-17)9-5-4-6-14-34-18-19(30)28(3)21(33)29(27-18)13-8-12-23(24,25)26/h7,10-11,15H,4-6,8-9,12-14H2,1-3H3,(H,31,32). The highest BCUT2D eigenvalue weighted by molar-refractivity contribution is 5.76. The van der Waals surface area contributed by atoms with Gasteiger partial charge < -0.3 is 14.6 Å². The maximum absolute atomic E-state index is 12.4. The summed E-state index contributed by atoms with van der Waals surface area (Å²) >= 11 is 0. The number of ether oxygens (including phenoxy) is 2. The first-order valence-electron chi connectivity index (χ1n) is 11.2. The predicted octanol–water partition coefficient (Wildman–Crippen LogP) is 3.32. The van der Waals surface area contributed by atoms with Crippen molar-refractivity contribution in [2.45, 2.75) is 70.7 Å². The number of aryl methyl sites for hydroxylation is 2. The largest absolute Gasteiger partial charge is 0.478 e. The Kier molecular flexibility index (Phi) is 9.49. The Labute approximate surface area is 200 Å². The monoisotopic (exact) mass is 501 g/mol. The molecule has 0 amide bonds. The van der Waals surface area contributed by atoms with Crippen LogP contribution in [0.1, 0.15) is 51.5 Å². The van der Waals surface area contributed by atoms with Crippen molar-refractivity contribution in [3.05, 3.63) is 50.7 Å². The summed E-state index contributed by atoms with van der Waals surface area (Å²) in [5.41, 5.74) is -1.92. The van der Waals surface area contributed by atoms with E-state index in [1.807, 2.05) is 6.07 Å². The third-order valence-electron chi connectivity index (χ3n) is 5.17. The first-order chi connectivity index (χ1) is 16.3. The van der Waals surface area contributed by atoms with Crippen LogP contribution in [0, 0.1) is 0 Å². The van der Waals surface area contributed by atoms with E-state index in [2.05, 4.69) is 5.10 Å². The van der Waals surface area contributed by atoms with Crippen LogP contribution in [0.2, 0.25) is 0 Å². The van der Waals surface area contributed by atoms with Crippen LogP contribution in [-0.4, -0.2) is 43.8 Å². The number of nitrogens with zero attached hydrogens (tertiary/aromatic N) is 3. The number of hydrogen-bond acceptors (Lipinski definition) is 6. The number of hydrogen-bond donors (Lipinski definition) is 1. The maximum Gasteiger partial charge on any atom is 0.389 e. The Morgan fingerprint density at radius 1 is 1.11 bits per heavy atom. The van der Waals surface area contributed by atoms with Crippen LogP contribution >= 0.6 is 0 Å². The lowest BCUT2D eigenvalue weighted by molar-refractivity contribution is -0.152. The average Bonchev–Trinajstić information content (AvgIpc) is 2.76. The Balaban J connectivity index is 1.84. The van der Waals surface area contributed by atoms with Gasteiger partial charge in [-0.15, -0.1) is 5.10 Å². The molecule has 12 heteroatoms. The molecule has 1 N–H and O–H groups in total. The number of benzene rings is 1. The minimum atomic E-state index is -4.34. The molecule has 1 aromatic heterocycles. The molecule has 0 atom stereocenters. The van der Waals surface area contributed by atoms with Crippen molar-refractivity contribution < 1.29 is 32.5 Å². The van der Waals surface area contributed by atoms with Gasteiger partial charge in [0.1, 0.15) is 5.75 Å². The lowest BCUT2D eigenvalue weighted by atomic mass is 10.1. The van der Waals surface area contributed by atoms with Crippen molar-refractivity contribution in [1.29, 1.82) is 0 Å². The number of aliphatic carboxylic acids is 1. The summed E-state index contributed by atoms with van der Waals surface area (Å²) in [5, 5.41) is 13.0. The van der Waals surface area contributed by atoms with E-state index in [1.165, 1.54) is 20.9 Å². The second-order valence-electron chi connectivity index (χ2n) is 8.62. The van der Waals surface area contributed by atoms with Crippen LogP contribution in [0.5, 0.6) is 11.6 Å². The zero-order valence-electron chi connectivity index (χ0n) is 19.9. The molecule has 9 nitrogen and oxygen atoms in total. The van der Waals surface area contributed by atoms with Gasteiger partial charge in [0.2, 0.25) is 0 Å². The second-order valence-corrected chi connectivity index (χ2v) is 8.62. The number of rotatable bonds is 13. The molecule has 0 radical (unpaired) electrons. The fourth-order valence-corrected chi connectivity index (χ4v) is 3.14. The molecule has 0 saturated carbocycles. The van der Waals surface area contributed by atoms with Crippen molar-refractivity contribution in [3.8, 4) is 11.6 Å². The smallest absolute Gasteiger partial charge is 0.389 e. The Morgan fingerprint density at radius 2 is 1.83 bits per heavy atom. The summed E-state index contributed by atoms with van der Waals surface area (Å²) in [6, 6.07) is 7.18. The SMILES string of the molecule is Cn1c(=O)c(OCCCCCc2cccc(OC(C)(C)C(=O)O)c2)nn(CCCC(F)(F)F)c1=O. The van der Waals surface area contributed by atoms with E-state index in [9.17, 15) is 32.7 Å². The van der Waals surface area contributed by atoms with Crippen LogP contribution < -0.4 is 20.7 Å². The van der Waals surface area contributed by atoms with Gasteiger partial charge in [-0.1, -0.05) is 12.1 Å². The summed E-state index contributed by atoms with van der Waals surface area (Å²) in [5.74, 6) is -0.931. The predicted molar refractivity (Wildman–Crippen MR) is 121 cm³/mol. The third-order valence-corrected chi connectivity index (χ3v) is 5.17. The third kappa shape index (κ3) is 8.76. The molecular weight excluding hydrogens is 471 g/mol. The summed E-state index contributed by atoms with van der Waals surface area (Å²) < 4.78 is 49.6. The summed E-state index contributed by atoms with van der Waals surface area (Å²) in [4.78, 5) is 35.5. The zero-order chi connectivity index (χ0) is 26.2. The van der Waals surface area contributed by atoms with Crippen LogP contribution in [-0.2, 0) is 24.8 Å². The lowest BCUT2D eigenvalue weighted by Gasteiger charge is -2.21. The van der Waals surface area contributed by atoms with Gasteiger partial charge in [0.05, 0.1) is 6.61 Å². The molecule has 35 heavy (non-hydrogen) atoms. The summed E-state index contributed by atoms with van der Waals surface area (Å²) in [6.45, 7) is 2.81. The number of unbranched alkanes of at least 4 members (excludes halogenated alkanes) is 2. The molecule has 194 valence electrons. The number of carboxylic acid groups (broad SMARTS) is 1. The van der Waals surface area contributed by atoms with E-state index < -0.39 is 35.4 Å². The molecule has 2 rings (SSSR count). The summed E-state index contributed by atoms with van der Waals surface area (Å²) in [6.07, 6.45) is -2.91. The van der Waals surface area contributed by atoms with E-state index in [4.69, 9.17) is 9.47 Å². The molecule has 0 aliphatic carbocycles. The van der Waals surface area contributed by atoms with E-state index in [0.717, 1.165) is 34.1 Å². The van der Waals surface area contributed by atoms with Gasteiger partial charge in [-0.3, -0.25) is 9.36 Å². The van der Waals surface area contributed by atoms with Gasteiger partial charge in [-0.2, -0.15) is 13.2 Å². The van der Waals surface area contributed by atoms with E-state index in [1.54, 1.807) is 18.2 Å². The number of halogens is 3. The zero-order valence-corrected chi connectivity index (χ0v) is 19.9. The van der Waals surface area contributed by atoms with Gasteiger partial charge in [0.25, 0.3) is 5.88 Å². The van der Waals surface area contributed by atoms with E-state index in [0.29, 0.717) is 12.2 Å². The minimum absolute atomic E-state index is 0.152. The van der Waals surface area contributed by atoms with Gasteiger partial charge >= 0.3 is 23.4 Å². The Bertz CT molecular complexity index is 1120. The van der Waals surface area contributed by atoms with Crippen LogP contribution in [0.3, 0.4) is 0 Å². The van der Waals surface area contributed by atoms with Crippen molar-refractivity contribution in [2.24, 2.45) is 7.05 Å². The van der Waals surface area contributed by atoms with Gasteiger partial charge in [0, 0.05) is 20.0 Å². The molecule has 1 aromatic carbocycles. The number of aromatic nitrogens is 3. The van der Waals surface area contributed by atoms with Gasteiger partial charge in [-0.25, -0.2) is 14.3 Å². The van der Waals surface area contributed by atoms with Crippen molar-refractivity contribution in [2.75, 3.05) is 6.61 Å². The van der Waals surface area contributed by atoms with Gasteiger partial charge in [-0.05, 0) is 63.6 Å². The van der Waals surface area contributed by atoms with Crippen molar-refractivity contribution in [3.63, 3.8) is 0 Å². The highest BCUT2D eigenvalue weighted by Crippen LogP contribution is 2.22. The number of alkyl halides is 3. The quantitative estimate of drug-likeness (QED) is 0.419. The molecule has 1 heterocycles. The van der Waals surface area contributed by atoms with Crippen LogP contribution in [0.25, 0.3) is 0 Å². The van der Waals surface area contributed by atoms with Crippen molar-refractivity contribution in [1.82, 2.24) is 14.3 Å². The normalized spacial score (nSPS) is 11.9. The average molecular weight is 502 g/mol. The molecular formula is C23H30F3N3O6. The van der Waals surface area contributed by atoms with E-state index in [-0.39, 0.29) is 25.5 Å². The first kappa shape index (κ1) is 27.9. The topological polar surface area (TPSA) is 113 Å². The van der Waals surface area contributed by atoms with Gasteiger partial charge in [0.15, 0.2) is 5.60 Å². The Hall–Kier alpha value is -3.31. The minimum Gasteiger partial charge on any atom is -0.478 e. The maximum atomic E-state index is 12.4. The second kappa shape index (κ2) is 11.9. The Morgan fingerprint density at radius 3 is 2.49 bits per heavy atom. The molecule has 0 spiro atoms. The highest BCUT2D eigenvalue weighted by atomic mass is 19.4. The van der Waals surface area contributed by atoms with Crippen LogP contribution in [0.4, 0.5) is 13.2 Å². The van der Waals surface area contributed by atoms with E-state index >= 15 is 0 Å². The van der Waals surface area contributed by atoms with Crippen LogP contribution in [0.15, 0.2) is 33.9 Å². The molecule has 0 aliphatic heterocycles. The molecule has 0 bridgehead atoms. The number of carbonyl (C=O) groups is 1. The highest BCUT2D eigenvalue weighted by Gasteiger charge is 2.29. The molecule has 0 fully saturated rings. The molecule has 0 saturated heterocycles. The first-order valence-corrected chi connectivity index (χ1v) is 11.2. The summed E-state index contributed by atoms with van der Waals surface area (Å²) in [7, 11) is 1.22. The molecule has 0 aliphatic rings. The lowest BCUT2D eigenvalue weighted by Crippen LogP contribution is -2.40.